The summed E-state index contributed by atoms with van der Waals surface area (Å²) in [4.78, 5) is 37.4. The number of carboxylic acid groups (broad SMARTS) is 1. The number of allylic oxidation sites excluding steroid dienone is 20. The maximum Gasteiger partial charge on any atom is 0.361 e. The van der Waals surface area contributed by atoms with Crippen molar-refractivity contribution in [3.8, 4) is 0 Å². The molecule has 0 spiro atoms. The quantitative estimate of drug-likeness (QED) is 0.0211. The topological polar surface area (TPSA) is 108 Å². The Balaban J connectivity index is 4.43. The summed E-state index contributed by atoms with van der Waals surface area (Å²) in [5, 5.41) is 9.69. The van der Waals surface area contributed by atoms with Gasteiger partial charge in [0, 0.05) is 12.8 Å². The third kappa shape index (κ3) is 53.3. The maximum absolute atomic E-state index is 12.8. The maximum atomic E-state index is 12.8. The van der Waals surface area contributed by atoms with Gasteiger partial charge >= 0.3 is 17.9 Å². The highest BCUT2D eigenvalue weighted by Crippen LogP contribution is 2.13. The van der Waals surface area contributed by atoms with Crippen LogP contribution in [0.5, 0.6) is 0 Å². The first kappa shape index (κ1) is 66.7. The number of hydrogen-bond donors (Lipinski definition) is 1. The van der Waals surface area contributed by atoms with Gasteiger partial charge in [0.1, 0.15) is 13.2 Å². The normalized spacial score (nSPS) is 13.8. The van der Waals surface area contributed by atoms with Gasteiger partial charge in [0.05, 0.1) is 34.4 Å². The summed E-state index contributed by atoms with van der Waals surface area (Å²) >= 11 is 0. The van der Waals surface area contributed by atoms with Gasteiger partial charge in [-0.3, -0.25) is 9.59 Å². The molecule has 0 radical (unpaired) electrons. The Morgan fingerprint density at radius 3 is 1.23 bits per heavy atom. The van der Waals surface area contributed by atoms with Crippen molar-refractivity contribution in [3.63, 3.8) is 0 Å². The number of esters is 2. The fourth-order valence-corrected chi connectivity index (χ4v) is 6.94. The molecule has 9 heteroatoms. The predicted octanol–water partition coefficient (Wildman–Crippen LogP) is 16.1. The minimum absolute atomic E-state index is 0.171. The van der Waals surface area contributed by atoms with E-state index in [9.17, 15) is 19.5 Å². The Morgan fingerprint density at radius 2 is 0.803 bits per heavy atom. The minimum Gasteiger partial charge on any atom is -0.477 e. The van der Waals surface area contributed by atoms with Crippen LogP contribution in [0.15, 0.2) is 122 Å². The average Bonchev–Trinajstić information content (AvgIpc) is 3.34. The lowest BCUT2D eigenvalue weighted by atomic mass is 10.1. The molecule has 0 heterocycles. The molecule has 0 aromatic carbocycles. The number of hydrogen-bond acceptors (Lipinski definition) is 7. The Hall–Kier alpha value is -4.31. The van der Waals surface area contributed by atoms with Crippen molar-refractivity contribution in [2.75, 3.05) is 47.5 Å². The van der Waals surface area contributed by atoms with E-state index in [4.69, 9.17) is 18.9 Å². The smallest absolute Gasteiger partial charge is 0.361 e. The molecule has 1 N–H and O–H groups in total. The number of nitrogens with zero attached hydrogens (tertiary/aromatic N) is 1. The lowest BCUT2D eigenvalue weighted by Crippen LogP contribution is -2.40. The summed E-state index contributed by atoms with van der Waals surface area (Å²) in [6.45, 7) is 4.66. The molecule has 9 nitrogen and oxygen atoms in total. The van der Waals surface area contributed by atoms with E-state index in [1.807, 2.05) is 21.1 Å². The molecule has 0 saturated heterocycles. The van der Waals surface area contributed by atoms with E-state index in [2.05, 4.69) is 135 Å². The van der Waals surface area contributed by atoms with E-state index >= 15 is 0 Å². The lowest BCUT2D eigenvalue weighted by Gasteiger charge is -2.25. The molecular weight excluding hydrogens is 887 g/mol. The van der Waals surface area contributed by atoms with Crippen LogP contribution < -0.4 is 0 Å². The summed E-state index contributed by atoms with van der Waals surface area (Å²) in [6.07, 6.45) is 69.8. The van der Waals surface area contributed by atoms with E-state index in [0.717, 1.165) is 103 Å². The first-order valence-electron chi connectivity index (χ1n) is 27.7. The van der Waals surface area contributed by atoms with Gasteiger partial charge in [0.25, 0.3) is 6.29 Å². The fourth-order valence-electron chi connectivity index (χ4n) is 6.94. The Kier molecular flexibility index (Phi) is 48.9. The minimum atomic E-state index is -1.53. The average molecular weight is 989 g/mol. The van der Waals surface area contributed by atoms with Gasteiger partial charge in [-0.2, -0.15) is 0 Å². The second-order valence-electron chi connectivity index (χ2n) is 19.2. The molecule has 2 atom stereocenters. The van der Waals surface area contributed by atoms with Crippen molar-refractivity contribution >= 4 is 17.9 Å². The molecule has 2 unspecified atom stereocenters. The third-order valence-corrected chi connectivity index (χ3v) is 11.2. The van der Waals surface area contributed by atoms with E-state index in [-0.39, 0.29) is 38.6 Å². The Labute approximate surface area is 434 Å². The molecule has 71 heavy (non-hydrogen) atoms. The van der Waals surface area contributed by atoms with Crippen molar-refractivity contribution < 1.29 is 42.9 Å². The zero-order valence-electron chi connectivity index (χ0n) is 45.6. The van der Waals surface area contributed by atoms with Crippen LogP contribution in [0, 0.1) is 0 Å². The highest BCUT2D eigenvalue weighted by molar-refractivity contribution is 5.71. The molecule has 0 aliphatic heterocycles. The van der Waals surface area contributed by atoms with Crippen molar-refractivity contribution in [1.82, 2.24) is 0 Å². The van der Waals surface area contributed by atoms with Gasteiger partial charge in [0.2, 0.25) is 0 Å². The molecule has 0 bridgehead atoms. The molecular formula is C62H102NO8+. The Morgan fingerprint density at radius 1 is 0.437 bits per heavy atom. The number of unbranched alkanes of at least 4 members (excludes halogenated alkanes) is 14. The van der Waals surface area contributed by atoms with Crippen LogP contribution in [-0.4, -0.2) is 87.4 Å². The molecule has 0 saturated carbocycles. The molecule has 0 aliphatic rings. The number of carbonyl (C=O) groups is 3. The number of rotatable bonds is 49. The zero-order valence-corrected chi connectivity index (χ0v) is 45.6. The highest BCUT2D eigenvalue weighted by Gasteiger charge is 2.25. The standard InChI is InChI=1S/C62H101NO8/c1-6-8-10-12-14-16-18-20-22-24-26-27-28-29-30-31-32-33-35-37-39-41-43-45-47-49-51-53-60(65)71-58(57-70-62(61(66)67)68-55-54-63(3,4)5)56-69-59(64)52-50-48-46-44-42-40-38-36-34-25-23-21-19-17-15-13-11-9-7-2/h8,10,14-17,20-23,26-27,29-30,32-33,37,39,43,45,58,62H,6-7,9,11-13,18-19,24-25,28,31,34-36,38,40-42,44,46-57H2,1-5H3/p+1/b10-8-,16-14-,17-15-,22-20-,23-21-,27-26-,30-29-,33-32-,39-37-,45-43-. The lowest BCUT2D eigenvalue weighted by molar-refractivity contribution is -0.870. The van der Waals surface area contributed by atoms with Crippen molar-refractivity contribution in [3.05, 3.63) is 122 Å². The number of quaternary nitrogens is 1. The summed E-state index contributed by atoms with van der Waals surface area (Å²) in [6, 6.07) is 0. The van der Waals surface area contributed by atoms with Crippen LogP contribution in [0.4, 0.5) is 0 Å². The van der Waals surface area contributed by atoms with Crippen LogP contribution in [0.25, 0.3) is 0 Å². The molecule has 0 aliphatic carbocycles. The summed E-state index contributed by atoms with van der Waals surface area (Å²) in [5.41, 5.74) is 0. The van der Waals surface area contributed by atoms with E-state index in [1.165, 1.54) is 57.8 Å². The number of likely N-dealkylation sites (N-methyl/N-ethyl adjacent to an activating group) is 1. The van der Waals surface area contributed by atoms with Gasteiger partial charge in [-0.1, -0.05) is 193 Å². The van der Waals surface area contributed by atoms with Crippen LogP contribution in [0.1, 0.15) is 194 Å². The predicted molar refractivity (Wildman–Crippen MR) is 299 cm³/mol. The van der Waals surface area contributed by atoms with Crippen LogP contribution in [0.3, 0.4) is 0 Å². The fraction of sp³-hybridized carbons (Fsp3) is 0.629. The molecule has 0 rings (SSSR count). The van der Waals surface area contributed by atoms with Gasteiger partial charge in [0.15, 0.2) is 6.10 Å². The third-order valence-electron chi connectivity index (χ3n) is 11.2. The van der Waals surface area contributed by atoms with Crippen LogP contribution >= 0.6 is 0 Å². The van der Waals surface area contributed by atoms with Crippen molar-refractivity contribution in [1.29, 1.82) is 0 Å². The number of ether oxygens (including phenoxy) is 4. The first-order valence-corrected chi connectivity index (χ1v) is 27.7. The second-order valence-corrected chi connectivity index (χ2v) is 19.2. The van der Waals surface area contributed by atoms with Crippen molar-refractivity contribution in [2.45, 2.75) is 206 Å². The zero-order chi connectivity index (χ0) is 52.0. The van der Waals surface area contributed by atoms with Gasteiger partial charge < -0.3 is 28.5 Å². The molecule has 0 aromatic rings. The summed E-state index contributed by atoms with van der Waals surface area (Å²) in [7, 11) is 5.94. The van der Waals surface area contributed by atoms with Gasteiger partial charge in [-0.05, 0) is 109 Å². The van der Waals surface area contributed by atoms with E-state index < -0.39 is 24.3 Å². The van der Waals surface area contributed by atoms with Gasteiger partial charge in [-0.15, -0.1) is 0 Å². The van der Waals surface area contributed by atoms with E-state index in [0.29, 0.717) is 17.4 Å². The molecule has 402 valence electrons. The highest BCUT2D eigenvalue weighted by atomic mass is 16.7. The largest absolute Gasteiger partial charge is 0.477 e. The van der Waals surface area contributed by atoms with E-state index in [1.54, 1.807) is 0 Å². The molecule has 0 fully saturated rings. The second kappa shape index (κ2) is 52.0. The summed E-state index contributed by atoms with van der Waals surface area (Å²) in [5.74, 6) is -2.09. The SMILES string of the molecule is CC/C=C\C/C=C\C/C=C\C/C=C\C/C=C\C/C=C\C/C=C\C/C=C\CCCCC(=O)OC(COC(=O)CCCCCCCCCCC/C=C\C/C=C\CCCCC)COC(OCC[N+](C)(C)C)C(=O)O. The van der Waals surface area contributed by atoms with Crippen LogP contribution in [0.2, 0.25) is 0 Å². The molecule has 0 amide bonds. The Bertz CT molecular complexity index is 1570. The van der Waals surface area contributed by atoms with Crippen molar-refractivity contribution in [2.24, 2.45) is 0 Å². The number of carboxylic acids is 1. The van der Waals surface area contributed by atoms with Gasteiger partial charge in [-0.25, -0.2) is 4.79 Å². The number of carbonyl (C=O) groups excluding carboxylic acids is 2. The first-order chi connectivity index (χ1) is 34.6. The van der Waals surface area contributed by atoms with Crippen LogP contribution in [-0.2, 0) is 33.3 Å². The summed E-state index contributed by atoms with van der Waals surface area (Å²) < 4.78 is 22.8. The monoisotopic (exact) mass is 989 g/mol. The molecule has 0 aromatic heterocycles. The number of aliphatic carboxylic acids is 1.